The second-order valence-corrected chi connectivity index (χ2v) is 14.9. The average Bonchev–Trinajstić information content (AvgIpc) is 3.64. The molecule has 10 nitrogen and oxygen atoms in total. The monoisotopic (exact) mass is 739 g/mol. The van der Waals surface area contributed by atoms with Gasteiger partial charge in [0, 0.05) is 37.9 Å². The van der Waals surface area contributed by atoms with Crippen LogP contribution in [0.1, 0.15) is 88.8 Å². The number of aliphatic hydroxyl groups excluding tert-OH is 2. The van der Waals surface area contributed by atoms with Crippen molar-refractivity contribution in [1.29, 1.82) is 0 Å². The number of carbonyl (C=O) groups excluding carboxylic acids is 3. The molecule has 3 amide bonds. The van der Waals surface area contributed by atoms with Gasteiger partial charge in [0.2, 0.25) is 17.7 Å². The lowest BCUT2D eigenvalue weighted by atomic mass is 9.82. The Kier molecular flexibility index (Phi) is 17.3. The Balaban J connectivity index is 1.84. The number of aliphatic hydroxyl groups is 2. The largest absolute Gasteiger partial charge is 0.401 e. The molecular weight excluding hydrogens is 683 g/mol. The maximum atomic E-state index is 14.2. The van der Waals surface area contributed by atoms with Gasteiger partial charge in [0.15, 0.2) is 0 Å². The Morgan fingerprint density at radius 1 is 1.02 bits per heavy atom. The fraction of sp³-hybridized carbons (Fsp3) is 0.676. The maximum Gasteiger partial charge on any atom is 0.401 e. The van der Waals surface area contributed by atoms with Gasteiger partial charge in [-0.05, 0) is 37.8 Å². The summed E-state index contributed by atoms with van der Waals surface area (Å²) in [5.41, 5.74) is 3.03. The van der Waals surface area contributed by atoms with Crippen LogP contribution in [0.15, 0.2) is 41.2 Å². The zero-order valence-electron chi connectivity index (χ0n) is 30.3. The van der Waals surface area contributed by atoms with Crippen molar-refractivity contribution in [3.63, 3.8) is 0 Å². The summed E-state index contributed by atoms with van der Waals surface area (Å²) in [4.78, 5) is 48.5. The Morgan fingerprint density at radius 3 is 2.31 bits per heavy atom. The number of rotatable bonds is 20. The summed E-state index contributed by atoms with van der Waals surface area (Å²) in [5.74, 6) is -2.67. The van der Waals surface area contributed by atoms with Gasteiger partial charge >= 0.3 is 6.18 Å². The van der Waals surface area contributed by atoms with Crippen LogP contribution in [0.3, 0.4) is 0 Å². The number of nitrogens with zero attached hydrogens (tertiary/aromatic N) is 3. The van der Waals surface area contributed by atoms with E-state index in [1.165, 1.54) is 30.3 Å². The van der Waals surface area contributed by atoms with Crippen LogP contribution in [0.5, 0.6) is 0 Å². The van der Waals surface area contributed by atoms with Crippen LogP contribution in [0.4, 0.5) is 13.2 Å². The highest BCUT2D eigenvalue weighted by Gasteiger charge is 2.37. The molecule has 2 aromatic rings. The summed E-state index contributed by atoms with van der Waals surface area (Å²) < 4.78 is 38.5. The second kappa shape index (κ2) is 20.8. The zero-order valence-corrected chi connectivity index (χ0v) is 31.1. The van der Waals surface area contributed by atoms with E-state index >= 15 is 0 Å². The molecular formula is C37H56F3N5O5S. The Morgan fingerprint density at radius 2 is 1.71 bits per heavy atom. The highest BCUT2D eigenvalue weighted by molar-refractivity contribution is 7.07. The highest BCUT2D eigenvalue weighted by atomic mass is 32.1. The van der Waals surface area contributed by atoms with Crippen molar-refractivity contribution in [3.05, 3.63) is 52.5 Å². The molecule has 286 valence electrons. The number of amides is 3. The van der Waals surface area contributed by atoms with Crippen molar-refractivity contribution in [2.75, 3.05) is 33.7 Å². The molecule has 1 unspecified atom stereocenters. The second-order valence-electron chi connectivity index (χ2n) is 14.1. The van der Waals surface area contributed by atoms with Crippen LogP contribution in [0.2, 0.25) is 0 Å². The van der Waals surface area contributed by atoms with Gasteiger partial charge in [0.05, 0.1) is 41.9 Å². The van der Waals surface area contributed by atoms with Crippen LogP contribution in [0.25, 0.3) is 0 Å². The van der Waals surface area contributed by atoms with Gasteiger partial charge in [-0.2, -0.15) is 13.2 Å². The molecule has 1 aliphatic carbocycles. The van der Waals surface area contributed by atoms with Gasteiger partial charge < -0.3 is 25.7 Å². The Bertz CT molecular complexity index is 1330. The lowest BCUT2D eigenvalue weighted by Crippen LogP contribution is -2.57. The number of halogens is 3. The van der Waals surface area contributed by atoms with Crippen LogP contribution in [-0.4, -0.2) is 107 Å². The van der Waals surface area contributed by atoms with Crippen LogP contribution < -0.4 is 10.6 Å². The average molecular weight is 740 g/mol. The molecule has 1 aromatic heterocycles. The molecule has 0 bridgehead atoms. The van der Waals surface area contributed by atoms with Crippen LogP contribution >= 0.6 is 11.3 Å². The van der Waals surface area contributed by atoms with E-state index in [1.807, 2.05) is 37.3 Å². The maximum absolute atomic E-state index is 14.2. The van der Waals surface area contributed by atoms with Gasteiger partial charge in [-0.3, -0.25) is 19.3 Å². The number of aromatic nitrogens is 1. The van der Waals surface area contributed by atoms with Gasteiger partial charge in [-0.15, -0.1) is 11.3 Å². The first-order valence-electron chi connectivity index (χ1n) is 18.1. The molecule has 1 saturated carbocycles. The number of carbonyl (C=O) groups is 3. The minimum absolute atomic E-state index is 0.00840. The summed E-state index contributed by atoms with van der Waals surface area (Å²) in [6.07, 6.45) is 0.116. The smallest absolute Gasteiger partial charge is 0.390 e. The van der Waals surface area contributed by atoms with Crippen LogP contribution in [-0.2, 0) is 20.8 Å². The van der Waals surface area contributed by atoms with Crippen molar-refractivity contribution in [2.45, 2.75) is 114 Å². The summed E-state index contributed by atoms with van der Waals surface area (Å²) in [7, 11) is 2.82. The SMILES string of the molecule is CCC[C@H](O)[C@H](O)[C@H](CC1CCCCC1)NC(=O)[C@@H](NC(=O)[C@@H](CC(=O)N(C)CCN(C)CC(F)(F)F)Cc1ccccc1)C(C)c1cscn1. The Labute approximate surface area is 304 Å². The number of alkyl halides is 3. The summed E-state index contributed by atoms with van der Waals surface area (Å²) in [6, 6.07) is 7.28. The highest BCUT2D eigenvalue weighted by Crippen LogP contribution is 2.29. The first-order chi connectivity index (χ1) is 24.2. The molecule has 1 aliphatic rings. The van der Waals surface area contributed by atoms with Gasteiger partial charge in [-0.25, -0.2) is 4.98 Å². The lowest BCUT2D eigenvalue weighted by molar-refractivity contribution is -0.144. The molecule has 0 spiro atoms. The molecule has 51 heavy (non-hydrogen) atoms. The van der Waals surface area contributed by atoms with Gasteiger partial charge in [0.1, 0.15) is 6.04 Å². The minimum Gasteiger partial charge on any atom is -0.390 e. The number of likely N-dealkylation sites (N-methyl/N-ethyl adjacent to an activating group) is 2. The lowest BCUT2D eigenvalue weighted by Gasteiger charge is -2.34. The van der Waals surface area contributed by atoms with E-state index in [0.717, 1.165) is 42.6 Å². The van der Waals surface area contributed by atoms with Gasteiger partial charge in [0.25, 0.3) is 0 Å². The van der Waals surface area contributed by atoms with Crippen molar-refractivity contribution < 1.29 is 37.8 Å². The van der Waals surface area contributed by atoms with Crippen molar-refractivity contribution in [3.8, 4) is 0 Å². The number of benzene rings is 1. The van der Waals surface area contributed by atoms with E-state index in [9.17, 15) is 37.8 Å². The number of hydrogen-bond donors (Lipinski definition) is 4. The van der Waals surface area contributed by atoms with E-state index < -0.39 is 66.6 Å². The van der Waals surface area contributed by atoms with E-state index in [1.54, 1.807) is 17.8 Å². The summed E-state index contributed by atoms with van der Waals surface area (Å²) in [5, 5.41) is 29.7. The van der Waals surface area contributed by atoms with E-state index in [4.69, 9.17) is 0 Å². The predicted molar refractivity (Wildman–Crippen MR) is 192 cm³/mol. The van der Waals surface area contributed by atoms with E-state index in [2.05, 4.69) is 15.6 Å². The molecule has 6 atom stereocenters. The normalized spacial score (nSPS) is 17.6. The van der Waals surface area contributed by atoms with E-state index in [-0.39, 0.29) is 31.8 Å². The third kappa shape index (κ3) is 14.5. The quantitative estimate of drug-likeness (QED) is 0.152. The van der Waals surface area contributed by atoms with Crippen LogP contribution in [0, 0.1) is 11.8 Å². The third-order valence-corrected chi connectivity index (χ3v) is 10.4. The molecule has 4 N–H and O–H groups in total. The fourth-order valence-electron chi connectivity index (χ4n) is 6.73. The molecule has 0 aliphatic heterocycles. The number of thiazole rings is 1. The number of nitrogens with one attached hydrogen (secondary N) is 2. The molecule has 0 radical (unpaired) electrons. The zero-order chi connectivity index (χ0) is 37.6. The molecule has 14 heteroatoms. The molecule has 3 rings (SSSR count). The van der Waals surface area contributed by atoms with Gasteiger partial charge in [-0.1, -0.05) is 82.7 Å². The number of hydrogen-bond acceptors (Lipinski definition) is 8. The standard InChI is InChI=1S/C37H56F3N5O5S/c1-5-12-31(46)34(48)29(20-27-15-10-7-11-16-27)42-36(50)33(25(2)30-22-51-24-41-30)43-35(49)28(19-26-13-8-6-9-14-26)21-32(47)45(4)18-17-44(3)23-37(38,39)40/h6,8-9,13-14,22,24-25,27-29,31,33-34,46,48H,5,7,10-12,15-21,23H2,1-4H3,(H,42,50)(H,43,49)/t25?,28-,29+,31+,33+,34-/m1/s1. The fourth-order valence-corrected chi connectivity index (χ4v) is 7.39. The van der Waals surface area contributed by atoms with E-state index in [0.29, 0.717) is 25.0 Å². The first kappa shape index (κ1) is 42.3. The van der Waals surface area contributed by atoms with Crippen molar-refractivity contribution in [2.24, 2.45) is 11.8 Å². The summed E-state index contributed by atoms with van der Waals surface area (Å²) >= 11 is 1.35. The van der Waals surface area contributed by atoms with Crippen molar-refractivity contribution >= 4 is 29.1 Å². The molecule has 0 saturated heterocycles. The Hall–Kier alpha value is -3.07. The minimum atomic E-state index is -4.36. The van der Waals surface area contributed by atoms with Crippen molar-refractivity contribution in [1.82, 2.24) is 25.4 Å². The molecule has 1 heterocycles. The third-order valence-electron chi connectivity index (χ3n) is 9.84. The predicted octanol–water partition coefficient (Wildman–Crippen LogP) is 4.91. The topological polar surface area (TPSA) is 135 Å². The first-order valence-corrected chi connectivity index (χ1v) is 19.0. The summed E-state index contributed by atoms with van der Waals surface area (Å²) in [6.45, 7) is 2.61. The molecule has 1 fully saturated rings. The molecule has 1 aromatic carbocycles.